The zero-order chi connectivity index (χ0) is 27.4. The van der Waals surface area contributed by atoms with Crippen LogP contribution in [0.5, 0.6) is 11.5 Å². The quantitative estimate of drug-likeness (QED) is 0.521. The predicted octanol–water partition coefficient (Wildman–Crippen LogP) is 3.18. The second kappa shape index (κ2) is 9.38. The maximum Gasteiger partial charge on any atom is 0.285 e. The van der Waals surface area contributed by atoms with E-state index in [1.165, 1.54) is 4.68 Å². The molecule has 0 spiro atoms. The van der Waals surface area contributed by atoms with Gasteiger partial charge in [-0.2, -0.15) is 10.5 Å². The molecule has 2 aromatic heterocycles. The maximum atomic E-state index is 13.1. The van der Waals surface area contributed by atoms with Crippen LogP contribution in [0.2, 0.25) is 0 Å². The predicted molar refractivity (Wildman–Crippen MR) is 142 cm³/mol. The number of hydrogen-bond donors (Lipinski definition) is 0. The number of imidazole rings is 1. The molecule has 0 N–H and O–H groups in total. The van der Waals surface area contributed by atoms with E-state index < -0.39 is 0 Å². The van der Waals surface area contributed by atoms with Crippen molar-refractivity contribution in [2.45, 2.75) is 64.8 Å². The van der Waals surface area contributed by atoms with Crippen LogP contribution in [-0.4, -0.2) is 56.5 Å². The topological polar surface area (TPSA) is 112 Å². The van der Waals surface area contributed by atoms with Gasteiger partial charge in [-0.25, -0.2) is 14.2 Å². The normalized spacial score (nSPS) is 21.6. The Morgan fingerprint density at radius 2 is 1.95 bits per heavy atom. The number of rotatable bonds is 4. The highest BCUT2D eigenvalue weighted by Crippen LogP contribution is 2.39. The van der Waals surface area contributed by atoms with Crippen molar-refractivity contribution in [2.75, 3.05) is 24.6 Å². The number of aromatic nitrogens is 3. The van der Waals surface area contributed by atoms with E-state index in [9.17, 15) is 15.3 Å². The van der Waals surface area contributed by atoms with E-state index in [-0.39, 0.29) is 41.3 Å². The molecule has 0 radical (unpaired) electrons. The molecular weight excluding hydrogens is 482 g/mol. The van der Waals surface area contributed by atoms with Crippen LogP contribution >= 0.6 is 0 Å². The molecule has 0 amide bonds. The highest BCUT2D eigenvalue weighted by atomic mass is 16.6. The maximum absolute atomic E-state index is 13.1. The fourth-order valence-corrected chi connectivity index (χ4v) is 5.58. The molecule has 1 fully saturated rings. The first kappa shape index (κ1) is 25.6. The summed E-state index contributed by atoms with van der Waals surface area (Å²) in [5, 5.41) is 19.2. The minimum absolute atomic E-state index is 0.00363. The van der Waals surface area contributed by atoms with E-state index in [1.54, 1.807) is 17.8 Å². The lowest BCUT2D eigenvalue weighted by Crippen LogP contribution is -2.57. The SMILES string of the molecule is C[C@@H]1CN(c2c(C#N)c(=O)n(C)n3cc(CC#N)nc23)[C@@H](C)CN1[C@@H](C)c1ccc2c(c1)OC(C)(C)CO2. The van der Waals surface area contributed by atoms with Gasteiger partial charge in [0.25, 0.3) is 5.56 Å². The van der Waals surface area contributed by atoms with Crippen LogP contribution < -0.4 is 19.9 Å². The van der Waals surface area contributed by atoms with Gasteiger partial charge >= 0.3 is 0 Å². The molecule has 10 heteroatoms. The van der Waals surface area contributed by atoms with Crippen LogP contribution in [-0.2, 0) is 13.5 Å². The van der Waals surface area contributed by atoms with Gasteiger partial charge in [-0.3, -0.25) is 9.69 Å². The van der Waals surface area contributed by atoms with E-state index in [4.69, 9.17) is 9.47 Å². The van der Waals surface area contributed by atoms with Crippen LogP contribution in [0.3, 0.4) is 0 Å². The van der Waals surface area contributed by atoms with Crippen molar-refractivity contribution in [3.8, 4) is 23.6 Å². The molecule has 0 bridgehead atoms. The summed E-state index contributed by atoms with van der Waals surface area (Å²) in [6.07, 6.45) is 1.82. The Morgan fingerprint density at radius 3 is 2.66 bits per heavy atom. The van der Waals surface area contributed by atoms with Gasteiger partial charge < -0.3 is 14.4 Å². The Bertz CT molecular complexity index is 1540. The highest BCUT2D eigenvalue weighted by Gasteiger charge is 2.36. The van der Waals surface area contributed by atoms with Crippen molar-refractivity contribution in [1.29, 1.82) is 10.5 Å². The number of piperazine rings is 1. The van der Waals surface area contributed by atoms with Crippen LogP contribution in [0.4, 0.5) is 5.69 Å². The number of hydrogen-bond acceptors (Lipinski definition) is 8. The molecule has 0 saturated carbocycles. The lowest BCUT2D eigenvalue weighted by molar-refractivity contribution is 0.0209. The van der Waals surface area contributed by atoms with E-state index in [1.807, 2.05) is 19.9 Å². The number of fused-ring (bicyclic) bond motifs is 2. The lowest BCUT2D eigenvalue weighted by Gasteiger charge is -2.48. The second-order valence-corrected chi connectivity index (χ2v) is 11.0. The molecule has 0 aliphatic carbocycles. The summed E-state index contributed by atoms with van der Waals surface area (Å²) >= 11 is 0. The molecule has 2 aliphatic rings. The minimum atomic E-state index is -0.384. The van der Waals surface area contributed by atoms with Crippen LogP contribution in [0, 0.1) is 22.7 Å². The molecule has 1 saturated heterocycles. The molecule has 3 aromatic rings. The first-order valence-corrected chi connectivity index (χ1v) is 12.9. The Kier molecular flexibility index (Phi) is 6.32. The van der Waals surface area contributed by atoms with Crippen molar-refractivity contribution < 1.29 is 9.47 Å². The molecule has 0 unspecified atom stereocenters. The van der Waals surface area contributed by atoms with E-state index in [2.05, 4.69) is 59.8 Å². The summed E-state index contributed by atoms with van der Waals surface area (Å²) < 4.78 is 15.1. The lowest BCUT2D eigenvalue weighted by atomic mass is 9.99. The van der Waals surface area contributed by atoms with Gasteiger partial charge in [-0.1, -0.05) is 6.07 Å². The van der Waals surface area contributed by atoms with Crippen molar-refractivity contribution in [3.63, 3.8) is 0 Å². The first-order chi connectivity index (χ1) is 18.0. The molecule has 5 rings (SSSR count). The van der Waals surface area contributed by atoms with Crippen molar-refractivity contribution in [1.82, 2.24) is 19.1 Å². The smallest absolute Gasteiger partial charge is 0.285 e. The summed E-state index contributed by atoms with van der Waals surface area (Å²) in [4.78, 5) is 22.3. The van der Waals surface area contributed by atoms with Gasteiger partial charge in [0.2, 0.25) is 0 Å². The first-order valence-electron chi connectivity index (χ1n) is 12.9. The number of aryl methyl sites for hydroxylation is 1. The Labute approximate surface area is 222 Å². The van der Waals surface area contributed by atoms with Crippen LogP contribution in [0.25, 0.3) is 5.65 Å². The van der Waals surface area contributed by atoms with Gasteiger partial charge in [-0.05, 0) is 52.3 Å². The van der Waals surface area contributed by atoms with Crippen molar-refractivity contribution >= 4 is 11.3 Å². The fraction of sp³-hybridized carbons (Fsp3) is 0.500. The Morgan fingerprint density at radius 1 is 1.18 bits per heavy atom. The Hall–Kier alpha value is -4.02. The third-order valence-electron chi connectivity index (χ3n) is 7.62. The monoisotopic (exact) mass is 515 g/mol. The van der Waals surface area contributed by atoms with Crippen molar-refractivity contribution in [2.24, 2.45) is 7.05 Å². The molecule has 3 atom stereocenters. The third-order valence-corrected chi connectivity index (χ3v) is 7.62. The molecule has 38 heavy (non-hydrogen) atoms. The fourth-order valence-electron chi connectivity index (χ4n) is 5.58. The largest absolute Gasteiger partial charge is 0.486 e. The molecule has 1 aromatic carbocycles. The minimum Gasteiger partial charge on any atom is -0.486 e. The van der Waals surface area contributed by atoms with E-state index >= 15 is 0 Å². The average molecular weight is 516 g/mol. The average Bonchev–Trinajstić information content (AvgIpc) is 3.30. The van der Waals surface area contributed by atoms with Gasteiger partial charge in [-0.15, -0.1) is 0 Å². The van der Waals surface area contributed by atoms with E-state index in [0.717, 1.165) is 23.6 Å². The van der Waals surface area contributed by atoms with Gasteiger partial charge in [0.1, 0.15) is 29.5 Å². The number of nitrogens with zero attached hydrogens (tertiary/aromatic N) is 7. The number of nitriles is 2. The summed E-state index contributed by atoms with van der Waals surface area (Å²) in [5.74, 6) is 1.53. The second-order valence-electron chi connectivity index (χ2n) is 11.0. The Balaban J connectivity index is 1.47. The van der Waals surface area contributed by atoms with Gasteiger partial charge in [0.15, 0.2) is 17.1 Å². The molecule has 2 aliphatic heterocycles. The summed E-state index contributed by atoms with van der Waals surface area (Å²) in [6, 6.07) is 10.6. The molecule has 10 nitrogen and oxygen atoms in total. The molecule has 198 valence electrons. The zero-order valence-electron chi connectivity index (χ0n) is 22.7. The number of anilines is 1. The summed E-state index contributed by atoms with van der Waals surface area (Å²) in [7, 11) is 1.61. The molecular formula is C28H33N7O3. The summed E-state index contributed by atoms with van der Waals surface area (Å²) in [5.41, 5.74) is 2.07. The van der Waals surface area contributed by atoms with Gasteiger partial charge in [0, 0.05) is 38.3 Å². The van der Waals surface area contributed by atoms with Gasteiger partial charge in [0.05, 0.1) is 24.4 Å². The number of ether oxygens (including phenoxy) is 2. The zero-order valence-corrected chi connectivity index (χ0v) is 22.7. The van der Waals surface area contributed by atoms with Crippen LogP contribution in [0.15, 0.2) is 29.2 Å². The van der Waals surface area contributed by atoms with E-state index in [0.29, 0.717) is 30.2 Å². The third kappa shape index (κ3) is 4.25. The van der Waals surface area contributed by atoms with Crippen LogP contribution in [0.1, 0.15) is 57.5 Å². The molecule has 4 heterocycles. The summed E-state index contributed by atoms with van der Waals surface area (Å²) in [6.45, 7) is 12.3. The number of benzene rings is 1. The van der Waals surface area contributed by atoms with Crippen molar-refractivity contribution in [3.05, 3.63) is 51.6 Å². The highest BCUT2D eigenvalue weighted by molar-refractivity contribution is 5.76. The standard InChI is InChI=1S/C28H33N7O3/c1-17-14-34(25-22(12-30)27(36)32(6)35-15-21(9-10-29)31-26(25)35)18(2)13-33(17)19(3)20-7-8-23-24(11-20)38-28(4,5)16-37-23/h7-8,11,15,17-19H,9,13-14,16H2,1-6H3/t17-,18+,19+/m1/s1.